The van der Waals surface area contributed by atoms with Crippen molar-refractivity contribution in [2.45, 2.75) is 63.4 Å². The van der Waals surface area contributed by atoms with Gasteiger partial charge < -0.3 is 0 Å². The van der Waals surface area contributed by atoms with Gasteiger partial charge in [-0.1, -0.05) is 18.9 Å². The fourth-order valence-electron chi connectivity index (χ4n) is 2.91. The second kappa shape index (κ2) is 5.82. The SMILES string of the molecule is Cc1ccc(S(=O)(=O)N(C(C)C)C2CCCC2)cc1F. The smallest absolute Gasteiger partial charge is 0.207 e. The first-order valence-electron chi connectivity index (χ1n) is 7.13. The largest absolute Gasteiger partial charge is 0.243 e. The lowest BCUT2D eigenvalue weighted by Gasteiger charge is -2.31. The average Bonchev–Trinajstić information content (AvgIpc) is 2.85. The normalized spacial score (nSPS) is 17.3. The van der Waals surface area contributed by atoms with E-state index in [9.17, 15) is 12.8 Å². The van der Waals surface area contributed by atoms with E-state index in [4.69, 9.17) is 0 Å². The van der Waals surface area contributed by atoms with E-state index in [0.717, 1.165) is 31.7 Å². The van der Waals surface area contributed by atoms with E-state index in [1.165, 1.54) is 12.1 Å². The third-order valence-electron chi connectivity index (χ3n) is 3.91. The Morgan fingerprint density at radius 1 is 1.25 bits per heavy atom. The molecule has 0 aromatic heterocycles. The van der Waals surface area contributed by atoms with Gasteiger partial charge in [0.25, 0.3) is 0 Å². The van der Waals surface area contributed by atoms with E-state index in [1.54, 1.807) is 11.2 Å². The molecule has 0 spiro atoms. The first kappa shape index (κ1) is 15.4. The summed E-state index contributed by atoms with van der Waals surface area (Å²) in [6.07, 6.45) is 3.91. The number of aryl methyl sites for hydroxylation is 1. The van der Waals surface area contributed by atoms with Crippen LogP contribution in [-0.2, 0) is 10.0 Å². The minimum absolute atomic E-state index is 0.0457. The molecule has 0 saturated heterocycles. The Balaban J connectivity index is 2.41. The number of rotatable bonds is 4. The molecule has 0 aliphatic heterocycles. The monoisotopic (exact) mass is 299 g/mol. The van der Waals surface area contributed by atoms with Gasteiger partial charge in [0, 0.05) is 12.1 Å². The minimum atomic E-state index is -3.63. The third-order valence-corrected chi connectivity index (χ3v) is 6.04. The molecule has 1 fully saturated rings. The minimum Gasteiger partial charge on any atom is -0.207 e. The van der Waals surface area contributed by atoms with Crippen molar-refractivity contribution < 1.29 is 12.8 Å². The standard InChI is InChI=1S/C15H22FNO2S/c1-11(2)17(13-6-4-5-7-13)20(18,19)14-9-8-12(3)15(16)10-14/h8-11,13H,4-7H2,1-3H3. The first-order chi connectivity index (χ1) is 9.34. The molecule has 1 aliphatic carbocycles. The molecule has 0 bridgehead atoms. The van der Waals surface area contributed by atoms with Crippen LogP contribution in [0.1, 0.15) is 45.1 Å². The fraction of sp³-hybridized carbons (Fsp3) is 0.600. The molecule has 0 radical (unpaired) electrons. The maximum atomic E-state index is 13.7. The van der Waals surface area contributed by atoms with Gasteiger partial charge in [-0.15, -0.1) is 0 Å². The number of benzene rings is 1. The second-order valence-electron chi connectivity index (χ2n) is 5.78. The van der Waals surface area contributed by atoms with Gasteiger partial charge in [0.2, 0.25) is 10.0 Å². The quantitative estimate of drug-likeness (QED) is 0.853. The van der Waals surface area contributed by atoms with Crippen LogP contribution in [0.25, 0.3) is 0 Å². The average molecular weight is 299 g/mol. The fourth-order valence-corrected chi connectivity index (χ4v) is 4.80. The van der Waals surface area contributed by atoms with Crippen molar-refractivity contribution in [2.24, 2.45) is 0 Å². The molecule has 0 unspecified atom stereocenters. The number of halogens is 1. The number of nitrogens with zero attached hydrogens (tertiary/aromatic N) is 1. The van der Waals surface area contributed by atoms with E-state index < -0.39 is 15.8 Å². The summed E-state index contributed by atoms with van der Waals surface area (Å²) in [5, 5.41) is 0. The van der Waals surface area contributed by atoms with E-state index in [-0.39, 0.29) is 17.0 Å². The van der Waals surface area contributed by atoms with Crippen LogP contribution in [0.15, 0.2) is 23.1 Å². The molecule has 1 saturated carbocycles. The van der Waals surface area contributed by atoms with E-state index >= 15 is 0 Å². The first-order valence-corrected chi connectivity index (χ1v) is 8.57. The van der Waals surface area contributed by atoms with Gasteiger partial charge >= 0.3 is 0 Å². The summed E-state index contributed by atoms with van der Waals surface area (Å²) < 4.78 is 40.8. The van der Waals surface area contributed by atoms with Crippen LogP contribution in [0.5, 0.6) is 0 Å². The van der Waals surface area contributed by atoms with Crippen molar-refractivity contribution in [3.05, 3.63) is 29.6 Å². The van der Waals surface area contributed by atoms with Crippen LogP contribution in [0.3, 0.4) is 0 Å². The lowest BCUT2D eigenvalue weighted by atomic mass is 10.2. The molecule has 2 rings (SSSR count). The predicted molar refractivity (Wildman–Crippen MR) is 77.6 cm³/mol. The Labute approximate surface area is 120 Å². The Hall–Kier alpha value is -0.940. The summed E-state index contributed by atoms with van der Waals surface area (Å²) in [5.41, 5.74) is 0.459. The van der Waals surface area contributed by atoms with Crippen molar-refractivity contribution in [1.82, 2.24) is 4.31 Å². The van der Waals surface area contributed by atoms with Gasteiger partial charge in [-0.25, -0.2) is 12.8 Å². The van der Waals surface area contributed by atoms with Crippen molar-refractivity contribution in [2.75, 3.05) is 0 Å². The molecule has 20 heavy (non-hydrogen) atoms. The topological polar surface area (TPSA) is 37.4 Å². The molecule has 0 amide bonds. The lowest BCUT2D eigenvalue weighted by Crippen LogP contribution is -2.43. The van der Waals surface area contributed by atoms with Gasteiger partial charge in [-0.2, -0.15) is 4.31 Å². The molecule has 112 valence electrons. The van der Waals surface area contributed by atoms with Crippen LogP contribution in [0, 0.1) is 12.7 Å². The Kier molecular flexibility index (Phi) is 4.49. The van der Waals surface area contributed by atoms with Gasteiger partial charge in [0.05, 0.1) is 4.90 Å². The number of hydrogen-bond donors (Lipinski definition) is 0. The molecule has 0 heterocycles. The van der Waals surface area contributed by atoms with Crippen LogP contribution in [0.4, 0.5) is 4.39 Å². The van der Waals surface area contributed by atoms with Crippen molar-refractivity contribution in [1.29, 1.82) is 0 Å². The number of sulfonamides is 1. The zero-order chi connectivity index (χ0) is 14.9. The highest BCUT2D eigenvalue weighted by molar-refractivity contribution is 7.89. The maximum absolute atomic E-state index is 13.7. The van der Waals surface area contributed by atoms with Crippen molar-refractivity contribution >= 4 is 10.0 Å². The molecule has 1 aromatic carbocycles. The third kappa shape index (κ3) is 2.88. The second-order valence-corrected chi connectivity index (χ2v) is 7.62. The van der Waals surface area contributed by atoms with Crippen LogP contribution in [0.2, 0.25) is 0 Å². The summed E-state index contributed by atoms with van der Waals surface area (Å²) in [7, 11) is -3.63. The van der Waals surface area contributed by atoms with Crippen molar-refractivity contribution in [3.63, 3.8) is 0 Å². The zero-order valence-electron chi connectivity index (χ0n) is 12.3. The molecular formula is C15H22FNO2S. The zero-order valence-corrected chi connectivity index (χ0v) is 13.1. The Morgan fingerprint density at radius 2 is 1.85 bits per heavy atom. The lowest BCUT2D eigenvalue weighted by molar-refractivity contribution is 0.275. The van der Waals surface area contributed by atoms with E-state index in [2.05, 4.69) is 0 Å². The van der Waals surface area contributed by atoms with Crippen LogP contribution in [-0.4, -0.2) is 24.8 Å². The van der Waals surface area contributed by atoms with Gasteiger partial charge in [0.15, 0.2) is 0 Å². The Morgan fingerprint density at radius 3 is 2.35 bits per heavy atom. The van der Waals surface area contributed by atoms with Crippen LogP contribution >= 0.6 is 0 Å². The van der Waals surface area contributed by atoms with Crippen LogP contribution < -0.4 is 0 Å². The highest BCUT2D eigenvalue weighted by Gasteiger charge is 2.35. The molecule has 0 atom stereocenters. The summed E-state index contributed by atoms with van der Waals surface area (Å²) >= 11 is 0. The summed E-state index contributed by atoms with van der Waals surface area (Å²) in [6.45, 7) is 5.38. The summed E-state index contributed by atoms with van der Waals surface area (Å²) in [6, 6.07) is 4.08. The molecule has 1 aromatic rings. The van der Waals surface area contributed by atoms with Gasteiger partial charge in [0.1, 0.15) is 5.82 Å². The van der Waals surface area contributed by atoms with Crippen molar-refractivity contribution in [3.8, 4) is 0 Å². The molecule has 3 nitrogen and oxygen atoms in total. The van der Waals surface area contributed by atoms with Gasteiger partial charge in [-0.05, 0) is 51.3 Å². The summed E-state index contributed by atoms with van der Waals surface area (Å²) in [4.78, 5) is 0.0567. The molecule has 1 aliphatic rings. The Bertz CT molecular complexity index is 578. The number of hydrogen-bond acceptors (Lipinski definition) is 2. The highest BCUT2D eigenvalue weighted by atomic mass is 32.2. The summed E-state index contributed by atoms with van der Waals surface area (Å²) in [5.74, 6) is -0.471. The van der Waals surface area contributed by atoms with E-state index in [1.807, 2.05) is 13.8 Å². The van der Waals surface area contributed by atoms with E-state index in [0.29, 0.717) is 5.56 Å². The van der Waals surface area contributed by atoms with Gasteiger partial charge in [-0.3, -0.25) is 0 Å². The predicted octanol–water partition coefficient (Wildman–Crippen LogP) is 3.48. The molecule has 5 heteroatoms. The molecular weight excluding hydrogens is 277 g/mol. The maximum Gasteiger partial charge on any atom is 0.243 e. The molecule has 0 N–H and O–H groups in total. The highest BCUT2D eigenvalue weighted by Crippen LogP contribution is 2.30.